The molecule has 0 bridgehead atoms. The fourth-order valence-corrected chi connectivity index (χ4v) is 4.46. The minimum atomic E-state index is -1.51. The van der Waals surface area contributed by atoms with Crippen LogP contribution in [0, 0.1) is 33.9 Å². The number of fused-ring (bicyclic) bond motifs is 3. The van der Waals surface area contributed by atoms with Gasteiger partial charge in [-0.3, -0.25) is 4.79 Å². The molecule has 2 aliphatic heterocycles. The largest absolute Gasteiger partial charge is 0.351 e. The van der Waals surface area contributed by atoms with Crippen molar-refractivity contribution >= 4 is 17.5 Å². The van der Waals surface area contributed by atoms with Crippen LogP contribution in [0.1, 0.15) is 24.0 Å². The molecule has 5 heteroatoms. The average molecular weight is 357 g/mol. The number of rotatable bonds is 2. The summed E-state index contributed by atoms with van der Waals surface area (Å²) in [5.74, 6) is -1.38. The molecule has 0 N–H and O–H groups in total. The molecule has 2 aromatic rings. The monoisotopic (exact) mass is 357 g/mol. The average Bonchev–Trinajstić information content (AvgIpc) is 2.99. The molecule has 2 aromatic carbocycles. The zero-order chi connectivity index (χ0) is 19.2. The summed E-state index contributed by atoms with van der Waals surface area (Å²) < 4.78 is 13.9. The molecule has 4 nitrogen and oxygen atoms in total. The van der Waals surface area contributed by atoms with Crippen molar-refractivity contribution in [2.75, 3.05) is 4.90 Å². The standard InChI is InChI=1S/C22H16FN3O/c1-14(27)21-20(16-6-4-7-17(23)11-16)22(12-24,13-25)19-10-9-15-5-2-3-8-18(15)26(19)21/h2-11,19-21H,1H3/t19-,20+,21+/m0/s1. The maximum Gasteiger partial charge on any atom is 0.176 e. The van der Waals surface area contributed by atoms with Gasteiger partial charge in [0, 0.05) is 11.6 Å². The molecule has 0 amide bonds. The number of nitrogens with zero attached hydrogens (tertiary/aromatic N) is 3. The molecule has 27 heavy (non-hydrogen) atoms. The highest BCUT2D eigenvalue weighted by atomic mass is 19.1. The number of carbonyl (C=O) groups excluding carboxylic acids is 1. The molecule has 2 aliphatic rings. The van der Waals surface area contributed by atoms with E-state index in [-0.39, 0.29) is 5.78 Å². The Hall–Kier alpha value is -3.44. The Bertz CT molecular complexity index is 1030. The number of Topliss-reactive ketones (excluding diaryl/α,β-unsaturated/α-hetero) is 1. The summed E-state index contributed by atoms with van der Waals surface area (Å²) >= 11 is 0. The third kappa shape index (κ3) is 2.29. The van der Waals surface area contributed by atoms with Crippen molar-refractivity contribution in [3.63, 3.8) is 0 Å². The van der Waals surface area contributed by atoms with E-state index in [0.29, 0.717) is 5.56 Å². The Kier molecular flexibility index (Phi) is 3.82. The highest BCUT2D eigenvalue weighted by Crippen LogP contribution is 2.55. The number of hydrogen-bond donors (Lipinski definition) is 0. The first kappa shape index (κ1) is 17.0. The zero-order valence-electron chi connectivity index (χ0n) is 14.6. The van der Waals surface area contributed by atoms with Crippen LogP contribution in [0.2, 0.25) is 0 Å². The van der Waals surface area contributed by atoms with Crippen molar-refractivity contribution in [1.82, 2.24) is 0 Å². The topological polar surface area (TPSA) is 67.9 Å². The smallest absolute Gasteiger partial charge is 0.176 e. The fourth-order valence-electron chi connectivity index (χ4n) is 4.46. The van der Waals surface area contributed by atoms with Gasteiger partial charge in [-0.05, 0) is 36.2 Å². The van der Waals surface area contributed by atoms with Crippen molar-refractivity contribution in [2.24, 2.45) is 5.41 Å². The summed E-state index contributed by atoms with van der Waals surface area (Å²) in [7, 11) is 0. The van der Waals surface area contributed by atoms with Gasteiger partial charge >= 0.3 is 0 Å². The van der Waals surface area contributed by atoms with Gasteiger partial charge in [-0.2, -0.15) is 10.5 Å². The van der Waals surface area contributed by atoms with Crippen LogP contribution in [0.3, 0.4) is 0 Å². The molecule has 132 valence electrons. The molecule has 4 rings (SSSR count). The predicted molar refractivity (Wildman–Crippen MR) is 99.0 cm³/mol. The molecule has 0 radical (unpaired) electrons. The third-order valence-corrected chi connectivity index (χ3v) is 5.54. The molecular formula is C22H16FN3O. The van der Waals surface area contributed by atoms with E-state index < -0.39 is 29.2 Å². The quantitative estimate of drug-likeness (QED) is 0.819. The number of anilines is 1. The van der Waals surface area contributed by atoms with Gasteiger partial charge in [-0.15, -0.1) is 0 Å². The van der Waals surface area contributed by atoms with Gasteiger partial charge in [0.05, 0.1) is 24.2 Å². The lowest BCUT2D eigenvalue weighted by molar-refractivity contribution is -0.118. The summed E-state index contributed by atoms with van der Waals surface area (Å²) in [6.45, 7) is 1.46. The number of nitriles is 2. The van der Waals surface area contributed by atoms with Crippen molar-refractivity contribution in [3.8, 4) is 12.1 Å². The maximum atomic E-state index is 13.9. The highest BCUT2D eigenvalue weighted by Gasteiger charge is 2.62. The zero-order valence-corrected chi connectivity index (χ0v) is 14.6. The van der Waals surface area contributed by atoms with Crippen LogP contribution in [-0.4, -0.2) is 17.9 Å². The molecule has 1 saturated heterocycles. The van der Waals surface area contributed by atoms with Crippen molar-refractivity contribution in [2.45, 2.75) is 24.9 Å². The first-order valence-electron chi connectivity index (χ1n) is 8.67. The van der Waals surface area contributed by atoms with Crippen LogP contribution in [-0.2, 0) is 4.79 Å². The molecule has 3 atom stereocenters. The molecule has 0 aromatic heterocycles. The lowest BCUT2D eigenvalue weighted by atomic mass is 9.69. The number of carbonyl (C=O) groups is 1. The molecule has 0 aliphatic carbocycles. The van der Waals surface area contributed by atoms with Crippen molar-refractivity contribution < 1.29 is 9.18 Å². The third-order valence-electron chi connectivity index (χ3n) is 5.54. The van der Waals surface area contributed by atoms with Gasteiger partial charge in [0.15, 0.2) is 11.2 Å². The Morgan fingerprint density at radius 1 is 1.15 bits per heavy atom. The van der Waals surface area contributed by atoms with Gasteiger partial charge in [0.2, 0.25) is 0 Å². The SMILES string of the molecule is CC(=O)[C@@H]1[C@@H](c2cccc(F)c2)C(C#N)(C#N)[C@@H]2C=Cc3ccccc3N12. The van der Waals surface area contributed by atoms with Crippen LogP contribution in [0.5, 0.6) is 0 Å². The number of hydrogen-bond acceptors (Lipinski definition) is 4. The highest BCUT2D eigenvalue weighted by molar-refractivity contribution is 5.91. The number of halogens is 1. The molecular weight excluding hydrogens is 341 g/mol. The Balaban J connectivity index is 2.01. The lowest BCUT2D eigenvalue weighted by Gasteiger charge is -2.35. The Morgan fingerprint density at radius 3 is 2.56 bits per heavy atom. The molecule has 0 unspecified atom stereocenters. The van der Waals surface area contributed by atoms with Crippen LogP contribution < -0.4 is 4.90 Å². The Morgan fingerprint density at radius 2 is 1.89 bits per heavy atom. The summed E-state index contributed by atoms with van der Waals surface area (Å²) in [5.41, 5.74) is 0.705. The van der Waals surface area contributed by atoms with E-state index in [1.807, 2.05) is 41.3 Å². The van der Waals surface area contributed by atoms with Gasteiger partial charge in [0.1, 0.15) is 5.82 Å². The Labute approximate surface area is 156 Å². The number of benzene rings is 2. The second kappa shape index (κ2) is 6.07. The minimum absolute atomic E-state index is 0.160. The van der Waals surface area contributed by atoms with E-state index in [1.165, 1.54) is 19.1 Å². The van der Waals surface area contributed by atoms with Crippen LogP contribution in [0.25, 0.3) is 6.08 Å². The van der Waals surface area contributed by atoms with Crippen LogP contribution in [0.4, 0.5) is 10.1 Å². The number of para-hydroxylation sites is 1. The summed E-state index contributed by atoms with van der Waals surface area (Å²) in [4.78, 5) is 14.6. The normalized spacial score (nSPS) is 24.4. The van der Waals surface area contributed by atoms with E-state index in [4.69, 9.17) is 0 Å². The predicted octanol–water partition coefficient (Wildman–Crippen LogP) is 3.82. The summed E-state index contributed by atoms with van der Waals surface area (Å²) in [5, 5.41) is 20.1. The number of ketones is 1. The first-order chi connectivity index (χ1) is 13.0. The maximum absolute atomic E-state index is 13.9. The summed E-state index contributed by atoms with van der Waals surface area (Å²) in [6.07, 6.45) is 3.69. The fraction of sp³-hybridized carbons (Fsp3) is 0.227. The first-order valence-corrected chi connectivity index (χ1v) is 8.67. The summed E-state index contributed by atoms with van der Waals surface area (Å²) in [6, 6.07) is 16.5. The van der Waals surface area contributed by atoms with E-state index >= 15 is 0 Å². The van der Waals surface area contributed by atoms with Gasteiger partial charge in [0.25, 0.3) is 0 Å². The van der Waals surface area contributed by atoms with Gasteiger partial charge < -0.3 is 4.90 Å². The second-order valence-electron chi connectivity index (χ2n) is 6.95. The van der Waals surface area contributed by atoms with Crippen LogP contribution in [0.15, 0.2) is 54.6 Å². The van der Waals surface area contributed by atoms with E-state index in [1.54, 1.807) is 12.1 Å². The minimum Gasteiger partial charge on any atom is -0.351 e. The van der Waals surface area contributed by atoms with Gasteiger partial charge in [-0.1, -0.05) is 42.5 Å². The van der Waals surface area contributed by atoms with Crippen molar-refractivity contribution in [1.29, 1.82) is 10.5 Å². The van der Waals surface area contributed by atoms with E-state index in [2.05, 4.69) is 12.1 Å². The molecule has 1 fully saturated rings. The van der Waals surface area contributed by atoms with Gasteiger partial charge in [-0.25, -0.2) is 4.39 Å². The molecule has 0 spiro atoms. The van der Waals surface area contributed by atoms with Crippen LogP contribution >= 0.6 is 0 Å². The molecule has 0 saturated carbocycles. The lowest BCUT2D eigenvalue weighted by Crippen LogP contribution is -2.43. The molecule has 2 heterocycles. The van der Waals surface area contributed by atoms with E-state index in [0.717, 1.165) is 11.3 Å². The van der Waals surface area contributed by atoms with E-state index in [9.17, 15) is 19.7 Å². The van der Waals surface area contributed by atoms with Crippen molar-refractivity contribution in [3.05, 3.63) is 71.6 Å². The second-order valence-corrected chi connectivity index (χ2v) is 6.95.